The first-order valence-corrected chi connectivity index (χ1v) is 11.9. The molecule has 36 heavy (non-hydrogen) atoms. The average molecular weight is 494 g/mol. The number of nitrogens with zero attached hydrogens (tertiary/aromatic N) is 2. The molecule has 3 N–H and O–H groups in total. The van der Waals surface area contributed by atoms with Gasteiger partial charge in [-0.05, 0) is 73.7 Å². The molecule has 1 fully saturated rings. The van der Waals surface area contributed by atoms with Gasteiger partial charge in [0.25, 0.3) is 0 Å². The van der Waals surface area contributed by atoms with E-state index in [0.717, 1.165) is 28.3 Å². The minimum absolute atomic E-state index is 0.00212. The minimum atomic E-state index is -0.836. The van der Waals surface area contributed by atoms with Gasteiger partial charge in [-0.3, -0.25) is 14.7 Å². The molecule has 1 aliphatic heterocycles. The zero-order chi connectivity index (χ0) is 25.7. The lowest BCUT2D eigenvalue weighted by Gasteiger charge is -2.36. The zero-order valence-electron chi connectivity index (χ0n) is 20.1. The molecular formula is C28H29F2N3O3. The maximum Gasteiger partial charge on any atom is 0.308 e. The Labute approximate surface area is 209 Å². The number of benzene rings is 2. The maximum atomic E-state index is 13.3. The summed E-state index contributed by atoms with van der Waals surface area (Å²) in [6.45, 7) is 1.40. The standard InChI is InChI=1S/C28H29F2N3O3/c1-36-22-5-7-27-24(16-22)23(8-10-32-27)26(31)6-4-19-9-12-33(17-25(19)28(34)35)11-2-3-18-13-20(29)15-21(30)14-18/h5,7-8,10,13-16,19,25-26H,4,6,9,11-12,17,31H2,1H3,(H,34,35)/t19-,25+,26+/m1/s1. The Morgan fingerprint density at radius 3 is 2.75 bits per heavy atom. The molecule has 6 nitrogen and oxygen atoms in total. The Balaban J connectivity index is 1.38. The molecule has 3 atom stereocenters. The first-order valence-electron chi connectivity index (χ1n) is 11.9. The first-order chi connectivity index (χ1) is 17.3. The van der Waals surface area contributed by atoms with Crippen molar-refractivity contribution in [2.45, 2.75) is 25.3 Å². The number of aliphatic carboxylic acids is 1. The van der Waals surface area contributed by atoms with E-state index < -0.39 is 23.5 Å². The van der Waals surface area contributed by atoms with Gasteiger partial charge < -0.3 is 15.6 Å². The second-order valence-electron chi connectivity index (χ2n) is 9.16. The van der Waals surface area contributed by atoms with Crippen molar-refractivity contribution in [2.75, 3.05) is 26.7 Å². The predicted octanol–water partition coefficient (Wildman–Crippen LogP) is 4.38. The number of hydrogen-bond acceptors (Lipinski definition) is 5. The van der Waals surface area contributed by atoms with Crippen molar-refractivity contribution in [1.29, 1.82) is 0 Å². The van der Waals surface area contributed by atoms with Crippen LogP contribution >= 0.6 is 0 Å². The van der Waals surface area contributed by atoms with Crippen LogP contribution in [0.3, 0.4) is 0 Å². The molecular weight excluding hydrogens is 464 g/mol. The third kappa shape index (κ3) is 6.17. The smallest absolute Gasteiger partial charge is 0.308 e. The summed E-state index contributed by atoms with van der Waals surface area (Å²) in [6, 6.07) is 10.5. The van der Waals surface area contributed by atoms with E-state index in [4.69, 9.17) is 10.5 Å². The summed E-state index contributed by atoms with van der Waals surface area (Å²) in [5, 5.41) is 10.8. The van der Waals surface area contributed by atoms with Crippen LogP contribution in [0.2, 0.25) is 0 Å². The number of hydrogen-bond donors (Lipinski definition) is 2. The van der Waals surface area contributed by atoms with Crippen molar-refractivity contribution in [3.05, 3.63) is 71.4 Å². The SMILES string of the molecule is COc1ccc2nccc([C@@H](N)CC[C@@H]3CCN(CC#Cc4cc(F)cc(F)c4)C[C@@H]3C(=O)O)c2c1. The summed E-state index contributed by atoms with van der Waals surface area (Å²) >= 11 is 0. The highest BCUT2D eigenvalue weighted by atomic mass is 19.1. The number of pyridine rings is 1. The van der Waals surface area contributed by atoms with Crippen molar-refractivity contribution in [2.24, 2.45) is 17.6 Å². The van der Waals surface area contributed by atoms with E-state index in [1.807, 2.05) is 29.2 Å². The van der Waals surface area contributed by atoms with Crippen LogP contribution in [0.15, 0.2) is 48.7 Å². The lowest BCUT2D eigenvalue weighted by Crippen LogP contribution is -2.44. The summed E-state index contributed by atoms with van der Waals surface area (Å²) in [5.41, 5.74) is 8.62. The summed E-state index contributed by atoms with van der Waals surface area (Å²) < 4.78 is 32.0. The summed E-state index contributed by atoms with van der Waals surface area (Å²) in [4.78, 5) is 18.4. The molecule has 4 rings (SSSR count). The number of carboxylic acids is 1. The molecule has 1 aliphatic rings. The summed E-state index contributed by atoms with van der Waals surface area (Å²) in [5.74, 6) is 3.67. The van der Waals surface area contributed by atoms with Gasteiger partial charge in [0.2, 0.25) is 0 Å². The van der Waals surface area contributed by atoms with Gasteiger partial charge in [-0.25, -0.2) is 8.78 Å². The second kappa shape index (κ2) is 11.5. The molecule has 3 aromatic rings. The molecule has 2 aromatic carbocycles. The maximum absolute atomic E-state index is 13.3. The normalized spacial score (nSPS) is 18.9. The van der Waals surface area contributed by atoms with E-state index in [-0.39, 0.29) is 17.5 Å². The number of fused-ring (bicyclic) bond motifs is 1. The Bertz CT molecular complexity index is 1280. The van der Waals surface area contributed by atoms with Gasteiger partial charge in [0.05, 0.1) is 25.1 Å². The number of likely N-dealkylation sites (tertiary alicyclic amines) is 1. The first kappa shape index (κ1) is 25.5. The molecule has 0 bridgehead atoms. The van der Waals surface area contributed by atoms with Crippen LogP contribution in [0.5, 0.6) is 5.75 Å². The molecule has 0 spiro atoms. The van der Waals surface area contributed by atoms with Gasteiger partial charge in [0.1, 0.15) is 17.4 Å². The van der Waals surface area contributed by atoms with Gasteiger partial charge >= 0.3 is 5.97 Å². The van der Waals surface area contributed by atoms with E-state index >= 15 is 0 Å². The third-order valence-electron chi connectivity index (χ3n) is 6.79. The lowest BCUT2D eigenvalue weighted by atomic mass is 9.81. The van der Waals surface area contributed by atoms with Gasteiger partial charge in [0.15, 0.2) is 0 Å². The number of halogens is 2. The van der Waals surface area contributed by atoms with Gasteiger partial charge in [-0.1, -0.05) is 11.8 Å². The predicted molar refractivity (Wildman–Crippen MR) is 133 cm³/mol. The molecule has 8 heteroatoms. The monoisotopic (exact) mass is 493 g/mol. The van der Waals surface area contributed by atoms with Crippen LogP contribution in [0.4, 0.5) is 8.78 Å². The van der Waals surface area contributed by atoms with Crippen molar-refractivity contribution in [3.8, 4) is 17.6 Å². The van der Waals surface area contributed by atoms with Crippen LogP contribution in [0, 0.1) is 35.3 Å². The van der Waals surface area contributed by atoms with Crippen LogP contribution in [0.1, 0.15) is 36.4 Å². The minimum Gasteiger partial charge on any atom is -0.497 e. The molecule has 0 unspecified atom stereocenters. The highest BCUT2D eigenvalue weighted by Crippen LogP contribution is 2.32. The van der Waals surface area contributed by atoms with Gasteiger partial charge in [-0.2, -0.15) is 0 Å². The van der Waals surface area contributed by atoms with E-state index in [1.165, 1.54) is 12.1 Å². The molecule has 1 aromatic heterocycles. The van der Waals surface area contributed by atoms with Crippen LogP contribution in [0.25, 0.3) is 10.9 Å². The van der Waals surface area contributed by atoms with Crippen molar-refractivity contribution >= 4 is 16.9 Å². The number of piperidine rings is 1. The number of rotatable bonds is 7. The lowest BCUT2D eigenvalue weighted by molar-refractivity contribution is -0.146. The summed E-state index contributed by atoms with van der Waals surface area (Å²) in [6.07, 6.45) is 3.79. The van der Waals surface area contributed by atoms with Crippen LogP contribution in [-0.2, 0) is 4.79 Å². The van der Waals surface area contributed by atoms with E-state index in [0.29, 0.717) is 38.9 Å². The fourth-order valence-electron chi connectivity index (χ4n) is 4.86. The van der Waals surface area contributed by atoms with E-state index in [1.54, 1.807) is 13.3 Å². The van der Waals surface area contributed by atoms with Crippen LogP contribution in [-0.4, -0.2) is 47.7 Å². The number of aromatic nitrogens is 1. The number of nitrogens with two attached hydrogens (primary N) is 1. The number of carboxylic acid groups (broad SMARTS) is 1. The topological polar surface area (TPSA) is 88.7 Å². The zero-order valence-corrected chi connectivity index (χ0v) is 20.1. The Kier molecular flexibility index (Phi) is 8.14. The molecule has 1 saturated heterocycles. The van der Waals surface area contributed by atoms with E-state index in [2.05, 4.69) is 16.8 Å². The number of methoxy groups -OCH3 is 1. The van der Waals surface area contributed by atoms with E-state index in [9.17, 15) is 18.7 Å². The van der Waals surface area contributed by atoms with Gasteiger partial charge in [0, 0.05) is 35.8 Å². The van der Waals surface area contributed by atoms with Crippen LogP contribution < -0.4 is 10.5 Å². The number of ether oxygens (including phenoxy) is 1. The van der Waals surface area contributed by atoms with Crippen molar-refractivity contribution in [3.63, 3.8) is 0 Å². The van der Waals surface area contributed by atoms with Crippen molar-refractivity contribution in [1.82, 2.24) is 9.88 Å². The molecule has 0 saturated carbocycles. The Hall–Kier alpha value is -3.54. The second-order valence-corrected chi connectivity index (χ2v) is 9.16. The largest absolute Gasteiger partial charge is 0.497 e. The quantitative estimate of drug-likeness (QED) is 0.475. The average Bonchev–Trinajstić information content (AvgIpc) is 2.86. The Morgan fingerprint density at radius 2 is 2.03 bits per heavy atom. The van der Waals surface area contributed by atoms with Gasteiger partial charge in [-0.15, -0.1) is 0 Å². The third-order valence-corrected chi connectivity index (χ3v) is 6.79. The Morgan fingerprint density at radius 1 is 1.25 bits per heavy atom. The van der Waals surface area contributed by atoms with Crippen molar-refractivity contribution < 1.29 is 23.4 Å². The highest BCUT2D eigenvalue weighted by Gasteiger charge is 2.34. The summed E-state index contributed by atoms with van der Waals surface area (Å²) in [7, 11) is 1.61. The fraction of sp³-hybridized carbons (Fsp3) is 0.357. The molecule has 0 amide bonds. The molecule has 188 valence electrons. The molecule has 0 radical (unpaired) electrons. The highest BCUT2D eigenvalue weighted by molar-refractivity contribution is 5.84. The number of carbonyl (C=O) groups is 1. The molecule has 0 aliphatic carbocycles. The molecule has 2 heterocycles. The fourth-order valence-corrected chi connectivity index (χ4v) is 4.86.